The van der Waals surface area contributed by atoms with E-state index in [-0.39, 0.29) is 17.6 Å². The van der Waals surface area contributed by atoms with E-state index < -0.39 is 18.6 Å². The minimum atomic E-state index is -4.26. The molecule has 0 aliphatic heterocycles. The van der Waals surface area contributed by atoms with Crippen LogP contribution in [0.15, 0.2) is 18.3 Å². The molecule has 1 aromatic heterocycles. The summed E-state index contributed by atoms with van der Waals surface area (Å²) in [6, 6.07) is 1.76. The quantitative estimate of drug-likeness (QED) is 0.831. The lowest BCUT2D eigenvalue weighted by molar-refractivity contribution is -0.138. The number of nitrogens with two attached hydrogens (primary N) is 1. The van der Waals surface area contributed by atoms with Crippen molar-refractivity contribution in [3.05, 3.63) is 29.0 Å². The highest BCUT2D eigenvalue weighted by atomic mass is 35.5. The Morgan fingerprint density at radius 3 is 2.40 bits per heavy atom. The minimum absolute atomic E-state index is 0. The Bertz CT molecular complexity index is 300. The van der Waals surface area contributed by atoms with E-state index in [0.29, 0.717) is 5.56 Å². The van der Waals surface area contributed by atoms with E-state index in [0.717, 1.165) is 0 Å². The molecule has 0 bridgehead atoms. The van der Waals surface area contributed by atoms with Gasteiger partial charge in [0.25, 0.3) is 0 Å². The lowest BCUT2D eigenvalue weighted by Gasteiger charge is -2.13. The number of alkyl halides is 3. The van der Waals surface area contributed by atoms with Crippen LogP contribution in [0.5, 0.6) is 0 Å². The van der Waals surface area contributed by atoms with Gasteiger partial charge in [0.05, 0.1) is 6.42 Å². The third-order valence-corrected chi connectivity index (χ3v) is 1.85. The minimum Gasteiger partial charge on any atom is -0.324 e. The molecule has 0 fully saturated rings. The summed E-state index contributed by atoms with van der Waals surface area (Å²) in [6.45, 7) is 0. The second kappa shape index (κ2) is 5.53. The van der Waals surface area contributed by atoms with Gasteiger partial charge in [0, 0.05) is 12.2 Å². The molecule has 0 radical (unpaired) electrons. The van der Waals surface area contributed by atoms with E-state index in [1.807, 2.05) is 0 Å². The topological polar surface area (TPSA) is 38.9 Å². The second-order valence-corrected chi connectivity index (χ2v) is 3.23. The maximum absolute atomic E-state index is 11.9. The first-order valence-electron chi connectivity index (χ1n) is 3.82. The molecule has 1 aromatic rings. The molecule has 0 saturated carbocycles. The summed E-state index contributed by atoms with van der Waals surface area (Å²) in [6.07, 6.45) is -4.08. The van der Waals surface area contributed by atoms with Gasteiger partial charge in [-0.1, -0.05) is 17.7 Å². The van der Waals surface area contributed by atoms with Crippen LogP contribution < -0.4 is 5.73 Å². The van der Waals surface area contributed by atoms with E-state index in [4.69, 9.17) is 17.3 Å². The number of hydrogen-bond acceptors (Lipinski definition) is 2. The Balaban J connectivity index is 0.00000196. The van der Waals surface area contributed by atoms with Gasteiger partial charge in [0.15, 0.2) is 0 Å². The number of nitrogens with zero attached hydrogens (tertiary/aromatic N) is 1. The van der Waals surface area contributed by atoms with Crippen LogP contribution in [0.4, 0.5) is 13.2 Å². The molecule has 86 valence electrons. The summed E-state index contributed by atoms with van der Waals surface area (Å²) in [4.78, 5) is 3.65. The summed E-state index contributed by atoms with van der Waals surface area (Å²) in [7, 11) is 0. The Kier molecular flexibility index (Phi) is 5.34. The summed E-state index contributed by atoms with van der Waals surface area (Å²) >= 11 is 5.48. The number of aromatic nitrogens is 1. The van der Waals surface area contributed by atoms with Crippen molar-refractivity contribution >= 4 is 24.0 Å². The molecule has 0 saturated heterocycles. The van der Waals surface area contributed by atoms with Crippen LogP contribution in [0.2, 0.25) is 5.15 Å². The van der Waals surface area contributed by atoms with Crippen LogP contribution in [-0.2, 0) is 0 Å². The maximum Gasteiger partial charge on any atom is 0.390 e. The van der Waals surface area contributed by atoms with Gasteiger partial charge in [0.1, 0.15) is 5.15 Å². The van der Waals surface area contributed by atoms with Crippen molar-refractivity contribution in [3.63, 3.8) is 0 Å². The van der Waals surface area contributed by atoms with E-state index in [2.05, 4.69) is 4.98 Å². The normalized spacial score (nSPS) is 13.1. The predicted molar refractivity (Wildman–Crippen MR) is 54.1 cm³/mol. The van der Waals surface area contributed by atoms with Crippen molar-refractivity contribution in [1.29, 1.82) is 0 Å². The lowest BCUT2D eigenvalue weighted by atomic mass is 10.1. The third kappa shape index (κ3) is 5.20. The zero-order chi connectivity index (χ0) is 10.8. The number of hydrogen-bond donors (Lipinski definition) is 1. The zero-order valence-corrected chi connectivity index (χ0v) is 9.03. The fraction of sp³-hybridized carbons (Fsp3) is 0.375. The van der Waals surface area contributed by atoms with Gasteiger partial charge in [-0.3, -0.25) is 0 Å². The van der Waals surface area contributed by atoms with Crippen LogP contribution in [0, 0.1) is 0 Å². The highest BCUT2D eigenvalue weighted by Crippen LogP contribution is 2.27. The Morgan fingerprint density at radius 1 is 1.40 bits per heavy atom. The van der Waals surface area contributed by atoms with Gasteiger partial charge in [-0.25, -0.2) is 4.98 Å². The van der Waals surface area contributed by atoms with Gasteiger partial charge in [0.2, 0.25) is 0 Å². The second-order valence-electron chi connectivity index (χ2n) is 2.84. The average molecular weight is 261 g/mol. The molecule has 1 atom stereocenters. The van der Waals surface area contributed by atoms with E-state index in [9.17, 15) is 13.2 Å². The highest BCUT2D eigenvalue weighted by Gasteiger charge is 2.30. The van der Waals surface area contributed by atoms with Crippen LogP contribution >= 0.6 is 24.0 Å². The first-order valence-corrected chi connectivity index (χ1v) is 4.20. The fourth-order valence-electron chi connectivity index (χ4n) is 0.974. The van der Waals surface area contributed by atoms with Crippen LogP contribution in [0.1, 0.15) is 18.0 Å². The molecule has 0 aliphatic rings. The molecule has 0 amide bonds. The van der Waals surface area contributed by atoms with Crippen molar-refractivity contribution in [2.24, 2.45) is 5.73 Å². The fourth-order valence-corrected chi connectivity index (χ4v) is 1.09. The largest absolute Gasteiger partial charge is 0.390 e. The molecular formula is C8H9Cl2F3N2. The number of halogens is 5. The van der Waals surface area contributed by atoms with Crippen molar-refractivity contribution in [2.45, 2.75) is 18.6 Å². The van der Waals surface area contributed by atoms with Crippen LogP contribution in [0.3, 0.4) is 0 Å². The molecular weight excluding hydrogens is 252 g/mol. The number of pyridine rings is 1. The standard InChI is InChI=1S/C8H8ClF3N2.ClH/c9-7-2-1-5(4-14-7)6(13)3-8(10,11)12;/h1-2,4,6H,3,13H2;1H/t6-;/m1./s1. The van der Waals surface area contributed by atoms with Gasteiger partial charge in [-0.05, 0) is 11.6 Å². The number of rotatable bonds is 2. The van der Waals surface area contributed by atoms with E-state index in [1.165, 1.54) is 18.3 Å². The first-order chi connectivity index (χ1) is 6.38. The van der Waals surface area contributed by atoms with Crippen molar-refractivity contribution in [3.8, 4) is 0 Å². The molecule has 0 unspecified atom stereocenters. The monoisotopic (exact) mass is 260 g/mol. The summed E-state index contributed by atoms with van der Waals surface area (Å²) in [5.74, 6) is 0. The highest BCUT2D eigenvalue weighted by molar-refractivity contribution is 6.29. The van der Waals surface area contributed by atoms with Crippen molar-refractivity contribution in [2.75, 3.05) is 0 Å². The predicted octanol–water partition coefficient (Wildman–Crippen LogP) is 3.11. The van der Waals surface area contributed by atoms with Crippen LogP contribution in [-0.4, -0.2) is 11.2 Å². The van der Waals surface area contributed by atoms with Crippen molar-refractivity contribution in [1.82, 2.24) is 4.98 Å². The smallest absolute Gasteiger partial charge is 0.324 e. The molecule has 0 spiro atoms. The molecule has 7 heteroatoms. The molecule has 15 heavy (non-hydrogen) atoms. The van der Waals surface area contributed by atoms with Crippen molar-refractivity contribution < 1.29 is 13.2 Å². The molecule has 2 nitrogen and oxygen atoms in total. The summed E-state index contributed by atoms with van der Waals surface area (Å²) in [5.41, 5.74) is 5.65. The lowest BCUT2D eigenvalue weighted by Crippen LogP contribution is -2.20. The summed E-state index contributed by atoms with van der Waals surface area (Å²) in [5, 5.41) is 0.230. The molecule has 1 heterocycles. The third-order valence-electron chi connectivity index (χ3n) is 1.63. The Hall–Kier alpha value is -0.520. The molecule has 2 N–H and O–H groups in total. The van der Waals surface area contributed by atoms with Crippen LogP contribution in [0.25, 0.3) is 0 Å². The Morgan fingerprint density at radius 2 is 2.00 bits per heavy atom. The molecule has 0 aromatic carbocycles. The maximum atomic E-state index is 11.9. The van der Waals surface area contributed by atoms with E-state index in [1.54, 1.807) is 0 Å². The first kappa shape index (κ1) is 14.5. The SMILES string of the molecule is Cl.N[C@H](CC(F)(F)F)c1ccc(Cl)nc1. The molecule has 1 rings (SSSR count). The van der Waals surface area contributed by atoms with Gasteiger partial charge < -0.3 is 5.73 Å². The molecule has 0 aliphatic carbocycles. The summed E-state index contributed by atoms with van der Waals surface area (Å²) < 4.78 is 35.8. The average Bonchev–Trinajstić information content (AvgIpc) is 2.02. The zero-order valence-electron chi connectivity index (χ0n) is 7.46. The van der Waals surface area contributed by atoms with Gasteiger partial charge >= 0.3 is 6.18 Å². The Labute approximate surface area is 96.0 Å². The van der Waals surface area contributed by atoms with Gasteiger partial charge in [-0.15, -0.1) is 12.4 Å². The van der Waals surface area contributed by atoms with E-state index >= 15 is 0 Å². The van der Waals surface area contributed by atoms with Gasteiger partial charge in [-0.2, -0.15) is 13.2 Å².